The highest BCUT2D eigenvalue weighted by Gasteiger charge is 2.18. The number of aromatic nitrogens is 2. The molecule has 0 bridgehead atoms. The molecule has 2 N–H and O–H groups in total. The van der Waals surface area contributed by atoms with E-state index in [2.05, 4.69) is 27.2 Å². The van der Waals surface area contributed by atoms with Gasteiger partial charge in [0.05, 0.1) is 12.1 Å². The minimum absolute atomic E-state index is 0.0309. The Labute approximate surface area is 122 Å². The van der Waals surface area contributed by atoms with E-state index in [1.807, 2.05) is 11.4 Å². The van der Waals surface area contributed by atoms with Crippen LogP contribution in [0.3, 0.4) is 0 Å². The molecule has 0 saturated carbocycles. The zero-order valence-electron chi connectivity index (χ0n) is 11.7. The molecule has 0 amide bonds. The third kappa shape index (κ3) is 2.92. The van der Waals surface area contributed by atoms with Crippen molar-refractivity contribution in [1.82, 2.24) is 20.2 Å². The van der Waals surface area contributed by atoms with Crippen LogP contribution in [-0.2, 0) is 6.54 Å². The number of fused-ring (bicyclic) bond motifs is 1. The molecule has 3 rings (SSSR count). The number of hydrogen-bond acceptors (Lipinski definition) is 5. The SMILES string of the molecule is CN1CCCCC1CNCc1nc2ccsc2c(=O)[nH]1. The van der Waals surface area contributed by atoms with Gasteiger partial charge in [-0.05, 0) is 37.9 Å². The zero-order valence-corrected chi connectivity index (χ0v) is 12.5. The van der Waals surface area contributed by atoms with Crippen LogP contribution < -0.4 is 10.9 Å². The summed E-state index contributed by atoms with van der Waals surface area (Å²) < 4.78 is 0.709. The second-order valence-electron chi connectivity index (χ2n) is 5.41. The Hall–Kier alpha value is -1.24. The Balaban J connectivity index is 1.60. The summed E-state index contributed by atoms with van der Waals surface area (Å²) in [6.07, 6.45) is 3.86. The van der Waals surface area contributed by atoms with Gasteiger partial charge >= 0.3 is 0 Å². The third-order valence-electron chi connectivity index (χ3n) is 3.96. The average Bonchev–Trinajstić information content (AvgIpc) is 2.90. The largest absolute Gasteiger partial charge is 0.308 e. The molecule has 1 atom stereocenters. The number of aromatic amines is 1. The van der Waals surface area contributed by atoms with Crippen LogP contribution in [0, 0.1) is 0 Å². The molecule has 1 fully saturated rings. The fourth-order valence-electron chi connectivity index (χ4n) is 2.76. The molecule has 108 valence electrons. The molecule has 2 aromatic rings. The average molecular weight is 292 g/mol. The lowest BCUT2D eigenvalue weighted by molar-refractivity contribution is 0.181. The molecular weight excluding hydrogens is 272 g/mol. The van der Waals surface area contributed by atoms with Crippen molar-refractivity contribution < 1.29 is 0 Å². The number of rotatable bonds is 4. The lowest BCUT2D eigenvalue weighted by Crippen LogP contribution is -2.43. The van der Waals surface area contributed by atoms with E-state index in [4.69, 9.17) is 0 Å². The first kappa shape index (κ1) is 13.7. The van der Waals surface area contributed by atoms with E-state index < -0.39 is 0 Å². The Morgan fingerprint density at radius 3 is 3.30 bits per heavy atom. The second kappa shape index (κ2) is 6.03. The van der Waals surface area contributed by atoms with E-state index in [9.17, 15) is 4.79 Å². The molecule has 0 aliphatic carbocycles. The van der Waals surface area contributed by atoms with E-state index in [-0.39, 0.29) is 5.56 Å². The van der Waals surface area contributed by atoms with Gasteiger partial charge in [0.25, 0.3) is 5.56 Å². The van der Waals surface area contributed by atoms with Gasteiger partial charge in [0.2, 0.25) is 0 Å². The molecule has 1 aliphatic heterocycles. The molecule has 2 aromatic heterocycles. The van der Waals surface area contributed by atoms with E-state index >= 15 is 0 Å². The number of likely N-dealkylation sites (tertiary alicyclic amines) is 1. The van der Waals surface area contributed by atoms with Crippen molar-refractivity contribution in [3.8, 4) is 0 Å². The third-order valence-corrected chi connectivity index (χ3v) is 4.86. The molecule has 1 unspecified atom stereocenters. The van der Waals surface area contributed by atoms with Gasteiger partial charge in [0.1, 0.15) is 10.5 Å². The van der Waals surface area contributed by atoms with Crippen molar-refractivity contribution >= 4 is 21.6 Å². The van der Waals surface area contributed by atoms with Gasteiger partial charge in [-0.2, -0.15) is 0 Å². The highest BCUT2D eigenvalue weighted by atomic mass is 32.1. The van der Waals surface area contributed by atoms with Gasteiger partial charge in [-0.25, -0.2) is 4.98 Å². The Morgan fingerprint density at radius 1 is 1.55 bits per heavy atom. The molecule has 0 radical (unpaired) electrons. The summed E-state index contributed by atoms with van der Waals surface area (Å²) in [6.45, 7) is 2.75. The molecule has 0 spiro atoms. The number of likely N-dealkylation sites (N-methyl/N-ethyl adjacent to an activating group) is 1. The maximum Gasteiger partial charge on any atom is 0.268 e. The summed E-state index contributed by atoms with van der Waals surface area (Å²) in [7, 11) is 2.18. The van der Waals surface area contributed by atoms with Crippen molar-refractivity contribution in [3.05, 3.63) is 27.6 Å². The van der Waals surface area contributed by atoms with Crippen molar-refractivity contribution in [2.75, 3.05) is 20.1 Å². The minimum atomic E-state index is -0.0309. The molecule has 1 aliphatic rings. The summed E-state index contributed by atoms with van der Waals surface area (Å²) >= 11 is 1.44. The summed E-state index contributed by atoms with van der Waals surface area (Å²) in [5.41, 5.74) is 0.766. The molecule has 5 nitrogen and oxygen atoms in total. The van der Waals surface area contributed by atoms with Gasteiger partial charge in [-0.3, -0.25) is 4.79 Å². The lowest BCUT2D eigenvalue weighted by Gasteiger charge is -2.32. The number of nitrogens with zero attached hydrogens (tertiary/aromatic N) is 2. The van der Waals surface area contributed by atoms with Gasteiger partial charge < -0.3 is 15.2 Å². The Kier molecular flexibility index (Phi) is 4.14. The maximum absolute atomic E-state index is 11.9. The van der Waals surface area contributed by atoms with Gasteiger partial charge in [0.15, 0.2) is 0 Å². The summed E-state index contributed by atoms with van der Waals surface area (Å²) in [5.74, 6) is 0.722. The van der Waals surface area contributed by atoms with Crippen LogP contribution in [0.2, 0.25) is 0 Å². The molecular formula is C14H20N4OS. The van der Waals surface area contributed by atoms with Gasteiger partial charge in [-0.1, -0.05) is 6.42 Å². The highest BCUT2D eigenvalue weighted by Crippen LogP contribution is 2.15. The first-order valence-electron chi connectivity index (χ1n) is 7.11. The summed E-state index contributed by atoms with van der Waals surface area (Å²) in [4.78, 5) is 21.6. The van der Waals surface area contributed by atoms with Crippen molar-refractivity contribution in [2.45, 2.75) is 31.8 Å². The fraction of sp³-hybridized carbons (Fsp3) is 0.571. The van der Waals surface area contributed by atoms with Crippen molar-refractivity contribution in [1.29, 1.82) is 0 Å². The van der Waals surface area contributed by atoms with Crippen LogP contribution in [-0.4, -0.2) is 41.0 Å². The number of hydrogen-bond donors (Lipinski definition) is 2. The first-order valence-corrected chi connectivity index (χ1v) is 7.99. The highest BCUT2D eigenvalue weighted by molar-refractivity contribution is 7.17. The standard InChI is InChI=1S/C14H20N4OS/c1-18-6-3-2-4-10(18)8-15-9-12-16-11-5-7-20-13(11)14(19)17-12/h5,7,10,15H,2-4,6,8-9H2,1H3,(H,16,17,19). The number of thiophene rings is 1. The minimum Gasteiger partial charge on any atom is -0.308 e. The number of nitrogens with one attached hydrogen (secondary N) is 2. The summed E-state index contributed by atoms with van der Waals surface area (Å²) in [6, 6.07) is 2.49. The predicted molar refractivity (Wildman–Crippen MR) is 82.2 cm³/mol. The Bertz CT molecular complexity index is 635. The van der Waals surface area contributed by atoms with Crippen molar-refractivity contribution in [2.24, 2.45) is 0 Å². The smallest absolute Gasteiger partial charge is 0.268 e. The topological polar surface area (TPSA) is 61.0 Å². The Morgan fingerprint density at radius 2 is 2.45 bits per heavy atom. The molecule has 0 aromatic carbocycles. The van der Waals surface area contributed by atoms with Crippen LogP contribution in [0.5, 0.6) is 0 Å². The molecule has 3 heterocycles. The van der Waals surface area contributed by atoms with Crippen LogP contribution >= 0.6 is 11.3 Å². The normalized spacial score (nSPS) is 20.6. The lowest BCUT2D eigenvalue weighted by atomic mass is 10.0. The molecule has 1 saturated heterocycles. The van der Waals surface area contributed by atoms with Crippen LogP contribution in [0.15, 0.2) is 16.2 Å². The quantitative estimate of drug-likeness (QED) is 0.898. The van der Waals surface area contributed by atoms with E-state index in [0.717, 1.165) is 17.9 Å². The van der Waals surface area contributed by atoms with Crippen LogP contribution in [0.4, 0.5) is 0 Å². The van der Waals surface area contributed by atoms with E-state index in [1.165, 1.54) is 37.1 Å². The number of piperidine rings is 1. The summed E-state index contributed by atoms with van der Waals surface area (Å²) in [5, 5.41) is 5.32. The van der Waals surface area contributed by atoms with Crippen LogP contribution in [0.25, 0.3) is 10.2 Å². The van der Waals surface area contributed by atoms with Gasteiger partial charge in [-0.15, -0.1) is 11.3 Å². The first-order chi connectivity index (χ1) is 9.74. The molecule has 6 heteroatoms. The maximum atomic E-state index is 11.9. The number of H-pyrrole nitrogens is 1. The predicted octanol–water partition coefficient (Wildman–Crippen LogP) is 1.56. The van der Waals surface area contributed by atoms with Crippen molar-refractivity contribution in [3.63, 3.8) is 0 Å². The zero-order chi connectivity index (χ0) is 13.9. The monoisotopic (exact) mass is 292 g/mol. The fourth-order valence-corrected chi connectivity index (χ4v) is 3.49. The van der Waals surface area contributed by atoms with E-state index in [0.29, 0.717) is 17.3 Å². The van der Waals surface area contributed by atoms with Crippen LogP contribution in [0.1, 0.15) is 25.1 Å². The van der Waals surface area contributed by atoms with E-state index in [1.54, 1.807) is 0 Å². The molecule has 20 heavy (non-hydrogen) atoms. The second-order valence-corrected chi connectivity index (χ2v) is 6.32. The van der Waals surface area contributed by atoms with Gasteiger partial charge in [0, 0.05) is 12.6 Å².